The summed E-state index contributed by atoms with van der Waals surface area (Å²) >= 11 is 0. The summed E-state index contributed by atoms with van der Waals surface area (Å²) in [6, 6.07) is 1.23. The summed E-state index contributed by atoms with van der Waals surface area (Å²) in [5.41, 5.74) is 0.362. The van der Waals surface area contributed by atoms with Crippen LogP contribution in [-0.2, 0) is 19.0 Å². The Labute approximate surface area is 115 Å². The molecule has 0 radical (unpaired) electrons. The van der Waals surface area contributed by atoms with E-state index in [9.17, 15) is 14.4 Å². The summed E-state index contributed by atoms with van der Waals surface area (Å²) < 4.78 is 13.6. The fourth-order valence-corrected chi connectivity index (χ4v) is 1.33. The minimum atomic E-state index is -0.682. The second-order valence-electron chi connectivity index (χ2n) is 3.50. The van der Waals surface area contributed by atoms with Gasteiger partial charge in [-0.2, -0.15) is 0 Å². The molecule has 7 nitrogen and oxygen atoms in total. The molecule has 1 aromatic heterocycles. The third-order valence-electron chi connectivity index (χ3n) is 2.33. The van der Waals surface area contributed by atoms with Gasteiger partial charge >= 0.3 is 17.9 Å². The summed E-state index contributed by atoms with van der Waals surface area (Å²) in [4.78, 5) is 37.9. The van der Waals surface area contributed by atoms with Gasteiger partial charge in [0.05, 0.1) is 26.9 Å². The number of methoxy groups -OCH3 is 3. The maximum absolute atomic E-state index is 11.7. The van der Waals surface area contributed by atoms with E-state index >= 15 is 0 Å². The normalized spacial score (nSPS) is 10.2. The molecular weight excluding hydrogens is 266 g/mol. The van der Waals surface area contributed by atoms with Gasteiger partial charge < -0.3 is 14.2 Å². The minimum Gasteiger partial charge on any atom is -0.466 e. The zero-order chi connectivity index (χ0) is 15.1. The van der Waals surface area contributed by atoms with Gasteiger partial charge in [-0.1, -0.05) is 0 Å². The van der Waals surface area contributed by atoms with E-state index in [0.29, 0.717) is 5.56 Å². The number of carbonyl (C=O) groups excluding carboxylic acids is 3. The smallest absolute Gasteiger partial charge is 0.356 e. The fourth-order valence-electron chi connectivity index (χ4n) is 1.33. The largest absolute Gasteiger partial charge is 0.466 e. The van der Waals surface area contributed by atoms with Crippen molar-refractivity contribution in [2.45, 2.75) is 0 Å². The molecule has 0 fully saturated rings. The average Bonchev–Trinajstić information content (AvgIpc) is 2.50. The van der Waals surface area contributed by atoms with Crippen LogP contribution in [0.15, 0.2) is 18.3 Å². The third-order valence-corrected chi connectivity index (χ3v) is 2.33. The molecule has 0 bridgehead atoms. The Kier molecular flexibility index (Phi) is 5.40. The van der Waals surface area contributed by atoms with Gasteiger partial charge in [-0.05, 0) is 12.1 Å². The zero-order valence-electron chi connectivity index (χ0n) is 11.2. The lowest BCUT2D eigenvalue weighted by Gasteiger charge is -2.05. The SMILES string of the molecule is COC(=O)/C=C/c1cnc(C(=O)OC)cc1C(=O)OC. The topological polar surface area (TPSA) is 91.8 Å². The Balaban J connectivity index is 3.23. The number of esters is 3. The van der Waals surface area contributed by atoms with Crippen molar-refractivity contribution in [1.82, 2.24) is 4.98 Å². The number of nitrogens with zero attached hydrogens (tertiary/aromatic N) is 1. The molecule has 0 unspecified atom stereocenters. The Morgan fingerprint density at radius 1 is 1.05 bits per heavy atom. The van der Waals surface area contributed by atoms with E-state index in [-0.39, 0.29) is 11.3 Å². The van der Waals surface area contributed by atoms with E-state index in [2.05, 4.69) is 19.2 Å². The molecule has 0 aliphatic carbocycles. The summed E-state index contributed by atoms with van der Waals surface area (Å²) in [5.74, 6) is -1.93. The summed E-state index contributed by atoms with van der Waals surface area (Å²) in [5, 5.41) is 0. The van der Waals surface area contributed by atoms with Crippen LogP contribution in [0.3, 0.4) is 0 Å². The molecule has 1 aromatic rings. The average molecular weight is 279 g/mol. The van der Waals surface area contributed by atoms with E-state index < -0.39 is 17.9 Å². The number of carbonyl (C=O) groups is 3. The van der Waals surface area contributed by atoms with Gasteiger partial charge in [0.15, 0.2) is 0 Å². The maximum Gasteiger partial charge on any atom is 0.356 e. The van der Waals surface area contributed by atoms with Crippen LogP contribution in [-0.4, -0.2) is 44.2 Å². The molecule has 0 amide bonds. The first-order valence-electron chi connectivity index (χ1n) is 5.46. The van der Waals surface area contributed by atoms with Crippen molar-refractivity contribution in [1.29, 1.82) is 0 Å². The standard InChI is InChI=1S/C13H13NO6/c1-18-11(15)5-4-8-7-14-10(13(17)20-3)6-9(8)12(16)19-2/h4-7H,1-3H3/b5-4+. The molecule has 0 saturated carbocycles. The first-order chi connectivity index (χ1) is 9.53. The number of hydrogen-bond acceptors (Lipinski definition) is 7. The molecule has 0 aliphatic rings. The van der Waals surface area contributed by atoms with Gasteiger partial charge in [-0.25, -0.2) is 19.4 Å². The van der Waals surface area contributed by atoms with E-state index in [4.69, 9.17) is 0 Å². The lowest BCUT2D eigenvalue weighted by molar-refractivity contribution is -0.134. The van der Waals surface area contributed by atoms with E-state index in [1.54, 1.807) is 0 Å². The molecule has 0 aliphatic heterocycles. The van der Waals surface area contributed by atoms with Crippen molar-refractivity contribution in [3.63, 3.8) is 0 Å². The summed E-state index contributed by atoms with van der Waals surface area (Å²) in [6.45, 7) is 0. The quantitative estimate of drug-likeness (QED) is 0.458. The van der Waals surface area contributed by atoms with Gasteiger partial charge in [0.1, 0.15) is 5.69 Å². The predicted octanol–water partition coefficient (Wildman–Crippen LogP) is 0.841. The third kappa shape index (κ3) is 3.64. The molecule has 7 heteroatoms. The summed E-state index contributed by atoms with van der Waals surface area (Å²) in [7, 11) is 3.63. The Morgan fingerprint density at radius 2 is 1.70 bits per heavy atom. The first-order valence-corrected chi connectivity index (χ1v) is 5.46. The lowest BCUT2D eigenvalue weighted by Crippen LogP contribution is -2.10. The molecule has 0 saturated heterocycles. The van der Waals surface area contributed by atoms with Crippen LogP contribution >= 0.6 is 0 Å². The molecule has 1 heterocycles. The Hall–Kier alpha value is -2.70. The minimum absolute atomic E-state index is 0.0388. The molecule has 0 atom stereocenters. The highest BCUT2D eigenvalue weighted by Crippen LogP contribution is 2.14. The monoisotopic (exact) mass is 279 g/mol. The number of pyridine rings is 1. The van der Waals surface area contributed by atoms with Crippen molar-refractivity contribution in [3.05, 3.63) is 35.2 Å². The highest BCUT2D eigenvalue weighted by Gasteiger charge is 2.16. The second-order valence-corrected chi connectivity index (χ2v) is 3.50. The Bertz CT molecular complexity index is 564. The van der Waals surface area contributed by atoms with Crippen molar-refractivity contribution in [2.75, 3.05) is 21.3 Å². The van der Waals surface area contributed by atoms with E-state index in [0.717, 1.165) is 6.08 Å². The van der Waals surface area contributed by atoms with Crippen LogP contribution < -0.4 is 0 Å². The van der Waals surface area contributed by atoms with Gasteiger partial charge in [0, 0.05) is 17.8 Å². The van der Waals surface area contributed by atoms with Crippen LogP contribution in [0.2, 0.25) is 0 Å². The molecule has 0 spiro atoms. The molecule has 0 N–H and O–H groups in total. The van der Waals surface area contributed by atoms with Crippen LogP contribution in [0.4, 0.5) is 0 Å². The van der Waals surface area contributed by atoms with E-state index in [1.165, 1.54) is 39.7 Å². The second kappa shape index (κ2) is 7.03. The number of aromatic nitrogens is 1. The molecule has 20 heavy (non-hydrogen) atoms. The van der Waals surface area contributed by atoms with Crippen molar-refractivity contribution in [3.8, 4) is 0 Å². The zero-order valence-corrected chi connectivity index (χ0v) is 11.2. The first kappa shape index (κ1) is 15.4. The van der Waals surface area contributed by atoms with Gasteiger partial charge in [-0.15, -0.1) is 0 Å². The van der Waals surface area contributed by atoms with Gasteiger partial charge in [0.2, 0.25) is 0 Å². The van der Waals surface area contributed by atoms with Crippen molar-refractivity contribution >= 4 is 24.0 Å². The molecule has 106 valence electrons. The van der Waals surface area contributed by atoms with E-state index in [1.807, 2.05) is 0 Å². The summed E-state index contributed by atoms with van der Waals surface area (Å²) in [6.07, 6.45) is 3.73. The number of ether oxygens (including phenoxy) is 3. The van der Waals surface area contributed by atoms with Gasteiger partial charge in [-0.3, -0.25) is 0 Å². The predicted molar refractivity (Wildman–Crippen MR) is 68.0 cm³/mol. The number of rotatable bonds is 4. The maximum atomic E-state index is 11.7. The fraction of sp³-hybridized carbons (Fsp3) is 0.231. The van der Waals surface area contributed by atoms with Crippen LogP contribution in [0.1, 0.15) is 26.4 Å². The molecule has 0 aromatic carbocycles. The molecular formula is C13H13NO6. The van der Waals surface area contributed by atoms with Crippen LogP contribution in [0, 0.1) is 0 Å². The van der Waals surface area contributed by atoms with Crippen LogP contribution in [0.25, 0.3) is 6.08 Å². The van der Waals surface area contributed by atoms with Crippen molar-refractivity contribution in [2.24, 2.45) is 0 Å². The lowest BCUT2D eigenvalue weighted by atomic mass is 10.1. The van der Waals surface area contributed by atoms with Crippen molar-refractivity contribution < 1.29 is 28.6 Å². The Morgan fingerprint density at radius 3 is 2.25 bits per heavy atom. The molecule has 1 rings (SSSR count). The highest BCUT2D eigenvalue weighted by atomic mass is 16.5. The highest BCUT2D eigenvalue weighted by molar-refractivity contribution is 5.98. The number of hydrogen-bond donors (Lipinski definition) is 0. The van der Waals surface area contributed by atoms with Crippen LogP contribution in [0.5, 0.6) is 0 Å². The van der Waals surface area contributed by atoms with Gasteiger partial charge in [0.25, 0.3) is 0 Å².